The van der Waals surface area contributed by atoms with Crippen molar-refractivity contribution in [3.63, 3.8) is 0 Å². The first-order chi connectivity index (χ1) is 10.2. The standard InChI is InChI=1S/C16H17ClN4/c1-11-7-14-16(19-8-11)21(15(20-14)5-6-17)10-13-4-3-12(2)18-9-13/h3-4,7-9H,5-6,10H2,1-2H3. The van der Waals surface area contributed by atoms with Crippen LogP contribution in [0.5, 0.6) is 0 Å². The summed E-state index contributed by atoms with van der Waals surface area (Å²) in [7, 11) is 0. The highest BCUT2D eigenvalue weighted by atomic mass is 35.5. The molecule has 0 spiro atoms. The van der Waals surface area contributed by atoms with E-state index in [0.29, 0.717) is 12.4 Å². The molecule has 3 heterocycles. The van der Waals surface area contributed by atoms with Crippen molar-refractivity contribution in [2.24, 2.45) is 0 Å². The summed E-state index contributed by atoms with van der Waals surface area (Å²) < 4.78 is 2.13. The van der Waals surface area contributed by atoms with E-state index in [4.69, 9.17) is 11.6 Å². The third-order valence-corrected chi connectivity index (χ3v) is 3.62. The zero-order chi connectivity index (χ0) is 14.8. The van der Waals surface area contributed by atoms with Gasteiger partial charge in [-0.25, -0.2) is 9.97 Å². The first-order valence-corrected chi connectivity index (χ1v) is 7.50. The lowest BCUT2D eigenvalue weighted by Crippen LogP contribution is -2.07. The van der Waals surface area contributed by atoms with Crippen LogP contribution in [0.25, 0.3) is 11.2 Å². The third kappa shape index (κ3) is 2.90. The third-order valence-electron chi connectivity index (χ3n) is 3.43. The van der Waals surface area contributed by atoms with E-state index in [1.54, 1.807) is 0 Å². The minimum atomic E-state index is 0.550. The molecular formula is C16H17ClN4. The molecule has 0 saturated carbocycles. The zero-order valence-electron chi connectivity index (χ0n) is 12.2. The Morgan fingerprint density at radius 1 is 1.14 bits per heavy atom. The lowest BCUT2D eigenvalue weighted by atomic mass is 10.2. The van der Waals surface area contributed by atoms with Gasteiger partial charge in [-0.15, -0.1) is 11.6 Å². The van der Waals surface area contributed by atoms with Crippen molar-refractivity contribution >= 4 is 22.8 Å². The molecule has 0 bridgehead atoms. The average Bonchev–Trinajstić information content (AvgIpc) is 2.79. The van der Waals surface area contributed by atoms with Gasteiger partial charge in [-0.1, -0.05) is 6.07 Å². The molecule has 0 saturated heterocycles. The van der Waals surface area contributed by atoms with Crippen LogP contribution in [-0.4, -0.2) is 25.4 Å². The highest BCUT2D eigenvalue weighted by Crippen LogP contribution is 2.18. The molecule has 3 aromatic heterocycles. The molecule has 0 atom stereocenters. The van der Waals surface area contributed by atoms with E-state index in [2.05, 4.69) is 31.7 Å². The second-order valence-corrected chi connectivity index (χ2v) is 5.59. The molecule has 0 unspecified atom stereocenters. The average molecular weight is 301 g/mol. The van der Waals surface area contributed by atoms with E-state index in [1.165, 1.54) is 0 Å². The van der Waals surface area contributed by atoms with Crippen molar-refractivity contribution in [2.45, 2.75) is 26.8 Å². The van der Waals surface area contributed by atoms with E-state index >= 15 is 0 Å². The second-order valence-electron chi connectivity index (χ2n) is 5.22. The SMILES string of the molecule is Cc1cnc2c(c1)nc(CCCl)n2Cc1ccc(C)nc1. The lowest BCUT2D eigenvalue weighted by Gasteiger charge is -2.08. The normalized spacial score (nSPS) is 11.2. The van der Waals surface area contributed by atoms with Crippen LogP contribution in [0.4, 0.5) is 0 Å². The summed E-state index contributed by atoms with van der Waals surface area (Å²) in [6.45, 7) is 4.72. The molecule has 0 radical (unpaired) electrons. The number of halogens is 1. The maximum atomic E-state index is 5.90. The molecule has 5 heteroatoms. The largest absolute Gasteiger partial charge is 0.308 e. The summed E-state index contributed by atoms with van der Waals surface area (Å²) in [5, 5.41) is 0. The molecule has 3 rings (SSSR count). The van der Waals surface area contributed by atoms with E-state index in [9.17, 15) is 0 Å². The molecule has 0 fully saturated rings. The van der Waals surface area contributed by atoms with Gasteiger partial charge in [-0.05, 0) is 37.1 Å². The van der Waals surface area contributed by atoms with Crippen LogP contribution in [0, 0.1) is 13.8 Å². The Morgan fingerprint density at radius 2 is 2.00 bits per heavy atom. The number of pyridine rings is 2. The molecule has 0 aliphatic rings. The molecule has 0 N–H and O–H groups in total. The van der Waals surface area contributed by atoms with Crippen molar-refractivity contribution in [1.29, 1.82) is 0 Å². The summed E-state index contributed by atoms with van der Waals surface area (Å²) in [5.74, 6) is 1.52. The van der Waals surface area contributed by atoms with Crippen LogP contribution >= 0.6 is 11.6 Å². The number of hydrogen-bond acceptors (Lipinski definition) is 3. The maximum absolute atomic E-state index is 5.90. The van der Waals surface area contributed by atoms with Crippen LogP contribution in [0.3, 0.4) is 0 Å². The molecule has 108 valence electrons. The Labute approximate surface area is 128 Å². The molecule has 0 aliphatic heterocycles. The number of imidazole rings is 1. The molecule has 3 aromatic rings. The highest BCUT2D eigenvalue weighted by Gasteiger charge is 2.12. The monoisotopic (exact) mass is 300 g/mol. The van der Waals surface area contributed by atoms with Crippen LogP contribution in [0.15, 0.2) is 30.6 Å². The number of hydrogen-bond donors (Lipinski definition) is 0. The number of rotatable bonds is 4. The van der Waals surface area contributed by atoms with Crippen LogP contribution in [0.2, 0.25) is 0 Å². The molecule has 0 aromatic carbocycles. The van der Waals surface area contributed by atoms with Crippen LogP contribution in [-0.2, 0) is 13.0 Å². The van der Waals surface area contributed by atoms with E-state index in [0.717, 1.165) is 40.2 Å². The highest BCUT2D eigenvalue weighted by molar-refractivity contribution is 6.17. The summed E-state index contributed by atoms with van der Waals surface area (Å²) >= 11 is 5.90. The van der Waals surface area contributed by atoms with Crippen LogP contribution in [0.1, 0.15) is 22.6 Å². The predicted molar refractivity (Wildman–Crippen MR) is 84.8 cm³/mol. The van der Waals surface area contributed by atoms with Gasteiger partial charge in [0.05, 0.1) is 6.54 Å². The first-order valence-electron chi connectivity index (χ1n) is 6.96. The molecule has 0 aliphatic carbocycles. The van der Waals surface area contributed by atoms with Gasteiger partial charge in [0.25, 0.3) is 0 Å². The van der Waals surface area contributed by atoms with Gasteiger partial charge in [0.2, 0.25) is 0 Å². The minimum absolute atomic E-state index is 0.550. The minimum Gasteiger partial charge on any atom is -0.308 e. The van der Waals surface area contributed by atoms with Gasteiger partial charge in [0.15, 0.2) is 5.65 Å². The number of aryl methyl sites for hydroxylation is 3. The zero-order valence-corrected chi connectivity index (χ0v) is 12.9. The van der Waals surface area contributed by atoms with Crippen molar-refractivity contribution in [3.8, 4) is 0 Å². The quantitative estimate of drug-likeness (QED) is 0.695. The Kier molecular flexibility index (Phi) is 3.88. The number of alkyl halides is 1. The van der Waals surface area contributed by atoms with E-state index < -0.39 is 0 Å². The Hall–Kier alpha value is -1.94. The first kappa shape index (κ1) is 14.0. The van der Waals surface area contributed by atoms with Gasteiger partial charge in [-0.2, -0.15) is 0 Å². The lowest BCUT2D eigenvalue weighted by molar-refractivity contribution is 0.744. The number of aromatic nitrogens is 4. The molecule has 4 nitrogen and oxygen atoms in total. The van der Waals surface area contributed by atoms with Crippen LogP contribution < -0.4 is 0 Å². The predicted octanol–water partition coefficient (Wildman–Crippen LogP) is 3.27. The van der Waals surface area contributed by atoms with E-state index in [-0.39, 0.29) is 0 Å². The summed E-state index contributed by atoms with van der Waals surface area (Å²) in [6.07, 6.45) is 4.51. The Balaban J connectivity index is 2.06. The Morgan fingerprint density at radius 3 is 2.71 bits per heavy atom. The fourth-order valence-corrected chi connectivity index (χ4v) is 2.54. The topological polar surface area (TPSA) is 43.6 Å². The maximum Gasteiger partial charge on any atom is 0.160 e. The van der Waals surface area contributed by atoms with Gasteiger partial charge in [-0.3, -0.25) is 4.98 Å². The fraction of sp³-hybridized carbons (Fsp3) is 0.312. The van der Waals surface area contributed by atoms with Crippen molar-refractivity contribution in [1.82, 2.24) is 19.5 Å². The van der Waals surface area contributed by atoms with Crippen molar-refractivity contribution in [3.05, 3.63) is 53.2 Å². The van der Waals surface area contributed by atoms with Gasteiger partial charge in [0, 0.05) is 30.4 Å². The van der Waals surface area contributed by atoms with Crippen molar-refractivity contribution < 1.29 is 0 Å². The number of fused-ring (bicyclic) bond motifs is 1. The van der Waals surface area contributed by atoms with E-state index in [1.807, 2.05) is 32.3 Å². The smallest absolute Gasteiger partial charge is 0.160 e. The fourth-order valence-electron chi connectivity index (χ4n) is 2.37. The molecular weight excluding hydrogens is 284 g/mol. The van der Waals surface area contributed by atoms with Gasteiger partial charge >= 0.3 is 0 Å². The summed E-state index contributed by atoms with van der Waals surface area (Å²) in [4.78, 5) is 13.6. The summed E-state index contributed by atoms with van der Waals surface area (Å²) in [6, 6.07) is 6.17. The second kappa shape index (κ2) is 5.82. The number of nitrogens with zero attached hydrogens (tertiary/aromatic N) is 4. The van der Waals surface area contributed by atoms with Crippen molar-refractivity contribution in [2.75, 3.05) is 5.88 Å². The summed E-state index contributed by atoms with van der Waals surface area (Å²) in [5.41, 5.74) is 5.10. The Bertz CT molecular complexity index is 762. The van der Waals surface area contributed by atoms with Gasteiger partial charge in [0.1, 0.15) is 11.3 Å². The van der Waals surface area contributed by atoms with Gasteiger partial charge < -0.3 is 4.57 Å². The molecule has 21 heavy (non-hydrogen) atoms. The molecule has 0 amide bonds.